The normalized spacial score (nSPS) is 24.9. The minimum atomic E-state index is -0.415. The average molecular weight is 298 g/mol. The number of hydrogen-bond donors (Lipinski definition) is 0. The molecule has 1 atom stereocenters. The van der Waals surface area contributed by atoms with Crippen LogP contribution in [0.1, 0.15) is 37.4 Å². The highest BCUT2D eigenvalue weighted by Crippen LogP contribution is 2.42. The van der Waals surface area contributed by atoms with E-state index in [4.69, 9.17) is 25.8 Å². The number of halogens is 1. The molecule has 110 valence electrons. The Bertz CT molecular complexity index is 486. The van der Waals surface area contributed by atoms with Crippen molar-refractivity contribution in [1.29, 1.82) is 0 Å². The quantitative estimate of drug-likeness (QED) is 0.632. The van der Waals surface area contributed by atoms with Crippen LogP contribution in [0.4, 0.5) is 0 Å². The molecule has 1 spiro atoms. The zero-order valence-corrected chi connectivity index (χ0v) is 12.5. The molecule has 3 rings (SSSR count). The van der Waals surface area contributed by atoms with Crippen molar-refractivity contribution < 1.29 is 14.2 Å². The van der Waals surface area contributed by atoms with Crippen LogP contribution in [0.25, 0.3) is 0 Å². The summed E-state index contributed by atoms with van der Waals surface area (Å²) in [5, 5.41) is 0.465. The van der Waals surface area contributed by atoms with E-state index >= 15 is 0 Å². The Kier molecular flexibility index (Phi) is 4.15. The highest BCUT2D eigenvalue weighted by Gasteiger charge is 2.44. The van der Waals surface area contributed by atoms with Gasteiger partial charge < -0.3 is 14.2 Å². The molecule has 5 heteroatoms. The van der Waals surface area contributed by atoms with Crippen LogP contribution in [-0.2, 0) is 21.5 Å². The van der Waals surface area contributed by atoms with E-state index in [2.05, 4.69) is 11.9 Å². The summed E-state index contributed by atoms with van der Waals surface area (Å²) >= 11 is 6.17. The summed E-state index contributed by atoms with van der Waals surface area (Å²) in [7, 11) is 0. The molecule has 0 amide bonds. The van der Waals surface area contributed by atoms with Crippen molar-refractivity contribution in [3.63, 3.8) is 0 Å². The Morgan fingerprint density at radius 3 is 3.10 bits per heavy atom. The third kappa shape index (κ3) is 2.52. The minimum Gasteiger partial charge on any atom is -0.493 e. The molecule has 0 saturated carbocycles. The van der Waals surface area contributed by atoms with Crippen LogP contribution < -0.4 is 4.74 Å². The smallest absolute Gasteiger partial charge is 0.136 e. The Morgan fingerprint density at radius 1 is 1.45 bits per heavy atom. The standard InChI is InChI=1S/C15H20ClNO3/c1-2-3-6-19-12-9-13(16)17-14-11(12)4-7-20-15(14)5-8-18-10-15/h9H,2-8,10H2,1H3. The van der Waals surface area contributed by atoms with Crippen molar-refractivity contribution >= 4 is 11.6 Å². The van der Waals surface area contributed by atoms with E-state index in [0.717, 1.165) is 42.7 Å². The zero-order chi connectivity index (χ0) is 14.0. The highest BCUT2D eigenvalue weighted by atomic mass is 35.5. The van der Waals surface area contributed by atoms with Gasteiger partial charge in [0.05, 0.1) is 25.5 Å². The number of rotatable bonds is 4. The fourth-order valence-corrected chi connectivity index (χ4v) is 3.04. The van der Waals surface area contributed by atoms with Crippen LogP contribution in [0.15, 0.2) is 6.07 Å². The molecule has 0 bridgehead atoms. The lowest BCUT2D eigenvalue weighted by Gasteiger charge is -2.34. The molecule has 0 N–H and O–H groups in total. The van der Waals surface area contributed by atoms with Crippen molar-refractivity contribution in [1.82, 2.24) is 4.98 Å². The molecule has 1 aromatic rings. The van der Waals surface area contributed by atoms with Gasteiger partial charge in [-0.25, -0.2) is 4.98 Å². The summed E-state index contributed by atoms with van der Waals surface area (Å²) < 4.78 is 17.4. The third-order valence-electron chi connectivity index (χ3n) is 3.95. The van der Waals surface area contributed by atoms with Crippen LogP contribution in [0.5, 0.6) is 5.75 Å². The van der Waals surface area contributed by atoms with Gasteiger partial charge >= 0.3 is 0 Å². The topological polar surface area (TPSA) is 40.6 Å². The van der Waals surface area contributed by atoms with Gasteiger partial charge in [0.15, 0.2) is 0 Å². The van der Waals surface area contributed by atoms with Crippen molar-refractivity contribution in [2.75, 3.05) is 26.4 Å². The van der Waals surface area contributed by atoms with Crippen LogP contribution in [-0.4, -0.2) is 31.4 Å². The van der Waals surface area contributed by atoms with Crippen LogP contribution in [0.3, 0.4) is 0 Å². The molecule has 1 fully saturated rings. The molecule has 20 heavy (non-hydrogen) atoms. The van der Waals surface area contributed by atoms with Gasteiger partial charge in [-0.15, -0.1) is 0 Å². The predicted molar refractivity (Wildman–Crippen MR) is 76.4 cm³/mol. The number of nitrogens with zero attached hydrogens (tertiary/aromatic N) is 1. The Labute approximate surface area is 124 Å². The van der Waals surface area contributed by atoms with Gasteiger partial charge in [-0.05, 0) is 6.42 Å². The van der Waals surface area contributed by atoms with Gasteiger partial charge in [0.25, 0.3) is 0 Å². The molecule has 1 unspecified atom stereocenters. The molecule has 2 aliphatic rings. The Hall–Kier alpha value is -0.840. The summed E-state index contributed by atoms with van der Waals surface area (Å²) in [5.74, 6) is 0.864. The molecule has 0 aliphatic carbocycles. The highest BCUT2D eigenvalue weighted by molar-refractivity contribution is 6.29. The first-order chi connectivity index (χ1) is 9.75. The van der Waals surface area contributed by atoms with E-state index in [1.54, 1.807) is 0 Å². The number of aromatic nitrogens is 1. The second-order valence-electron chi connectivity index (χ2n) is 5.37. The molecular formula is C15H20ClNO3. The molecule has 3 heterocycles. The summed E-state index contributed by atoms with van der Waals surface area (Å²) in [5.41, 5.74) is 1.64. The van der Waals surface area contributed by atoms with Gasteiger partial charge in [0.2, 0.25) is 0 Å². The first-order valence-electron chi connectivity index (χ1n) is 7.29. The monoisotopic (exact) mass is 297 g/mol. The van der Waals surface area contributed by atoms with Crippen molar-refractivity contribution in [2.45, 2.75) is 38.2 Å². The Balaban J connectivity index is 1.95. The fourth-order valence-electron chi connectivity index (χ4n) is 2.86. The predicted octanol–water partition coefficient (Wildman–Crippen LogP) is 3.10. The molecule has 1 saturated heterocycles. The SMILES string of the molecule is CCCCOc1cc(Cl)nc2c1CCOC21CCOC1. The van der Waals surface area contributed by atoms with Gasteiger partial charge in [0.1, 0.15) is 16.5 Å². The third-order valence-corrected chi connectivity index (χ3v) is 4.15. The maximum absolute atomic E-state index is 6.17. The van der Waals surface area contributed by atoms with Crippen molar-refractivity contribution in [3.05, 3.63) is 22.5 Å². The van der Waals surface area contributed by atoms with E-state index in [0.29, 0.717) is 31.6 Å². The summed E-state index contributed by atoms with van der Waals surface area (Å²) in [6, 6.07) is 1.82. The second kappa shape index (κ2) is 5.88. The van der Waals surface area contributed by atoms with Crippen LogP contribution in [0, 0.1) is 0 Å². The lowest BCUT2D eigenvalue weighted by atomic mass is 9.90. The van der Waals surface area contributed by atoms with Crippen LogP contribution in [0.2, 0.25) is 5.15 Å². The van der Waals surface area contributed by atoms with E-state index < -0.39 is 5.60 Å². The summed E-state index contributed by atoms with van der Waals surface area (Å²) in [6.45, 7) is 4.82. The molecule has 0 aromatic carbocycles. The zero-order valence-electron chi connectivity index (χ0n) is 11.8. The molecule has 4 nitrogen and oxygen atoms in total. The first-order valence-corrected chi connectivity index (χ1v) is 7.67. The minimum absolute atomic E-state index is 0.415. The number of ether oxygens (including phenoxy) is 3. The first kappa shape index (κ1) is 14.1. The van der Waals surface area contributed by atoms with Crippen molar-refractivity contribution in [3.8, 4) is 5.75 Å². The number of fused-ring (bicyclic) bond motifs is 2. The fraction of sp³-hybridized carbons (Fsp3) is 0.667. The maximum Gasteiger partial charge on any atom is 0.136 e. The van der Waals surface area contributed by atoms with E-state index in [1.165, 1.54) is 0 Å². The second-order valence-corrected chi connectivity index (χ2v) is 5.75. The van der Waals surface area contributed by atoms with Gasteiger partial charge in [-0.3, -0.25) is 0 Å². The lowest BCUT2D eigenvalue weighted by molar-refractivity contribution is -0.0670. The molecule has 2 aliphatic heterocycles. The number of pyridine rings is 1. The molecule has 1 aromatic heterocycles. The van der Waals surface area contributed by atoms with Crippen molar-refractivity contribution in [2.24, 2.45) is 0 Å². The largest absolute Gasteiger partial charge is 0.493 e. The van der Waals surface area contributed by atoms with Gasteiger partial charge in [-0.2, -0.15) is 0 Å². The van der Waals surface area contributed by atoms with E-state index in [9.17, 15) is 0 Å². The van der Waals surface area contributed by atoms with E-state index in [1.807, 2.05) is 6.07 Å². The average Bonchev–Trinajstić information content (AvgIpc) is 2.90. The van der Waals surface area contributed by atoms with Gasteiger partial charge in [-0.1, -0.05) is 24.9 Å². The molecule has 0 radical (unpaired) electrons. The van der Waals surface area contributed by atoms with Gasteiger partial charge in [0, 0.05) is 31.1 Å². The summed E-state index contributed by atoms with van der Waals surface area (Å²) in [6.07, 6.45) is 3.81. The Morgan fingerprint density at radius 2 is 2.35 bits per heavy atom. The maximum atomic E-state index is 6.17. The number of hydrogen-bond acceptors (Lipinski definition) is 4. The summed E-state index contributed by atoms with van der Waals surface area (Å²) in [4.78, 5) is 4.52. The lowest BCUT2D eigenvalue weighted by Crippen LogP contribution is -2.37. The van der Waals surface area contributed by atoms with Crippen LogP contribution >= 0.6 is 11.6 Å². The molecular weight excluding hydrogens is 278 g/mol. The number of unbranched alkanes of at least 4 members (excludes halogenated alkanes) is 1. The van der Waals surface area contributed by atoms with E-state index in [-0.39, 0.29) is 0 Å².